The van der Waals surface area contributed by atoms with Gasteiger partial charge in [0.05, 0.1) is 23.1 Å². The number of esters is 1. The molecule has 1 rings (SSSR count). The number of ether oxygens (including phenoxy) is 1. The van der Waals surface area contributed by atoms with Crippen LogP contribution in [0.3, 0.4) is 0 Å². The lowest BCUT2D eigenvalue weighted by atomic mass is 10.2. The van der Waals surface area contributed by atoms with Crippen LogP contribution in [0.15, 0.2) is 12.1 Å². The average molecular weight is 311 g/mol. The van der Waals surface area contributed by atoms with Crippen LogP contribution in [0.4, 0.5) is 0 Å². The Morgan fingerprint density at radius 3 is 2.61 bits per heavy atom. The zero-order valence-electron chi connectivity index (χ0n) is 9.93. The van der Waals surface area contributed by atoms with Gasteiger partial charge in [-0.25, -0.2) is 0 Å². The molecule has 1 aromatic carbocycles. The Labute approximate surface area is 121 Å². The van der Waals surface area contributed by atoms with Crippen molar-refractivity contribution in [2.24, 2.45) is 0 Å². The summed E-state index contributed by atoms with van der Waals surface area (Å²) in [5.41, 5.74) is 0.731. The van der Waals surface area contributed by atoms with E-state index in [2.05, 4.69) is 5.32 Å². The lowest BCUT2D eigenvalue weighted by molar-refractivity contribution is -0.142. The third-order valence-corrected chi connectivity index (χ3v) is 3.45. The van der Waals surface area contributed by atoms with Crippen LogP contribution in [0.1, 0.15) is 18.9 Å². The second-order valence-electron chi connectivity index (χ2n) is 3.55. The Balaban J connectivity index is 2.45. The standard InChI is InChI=1S/C12H14Cl3NO2/c1-2-18-11(17)5-6-16-7-8-9(13)3-4-10(14)12(8)15/h3-4,16H,2,5-7H2,1H3. The molecule has 0 aliphatic carbocycles. The van der Waals surface area contributed by atoms with Crippen LogP contribution in [-0.2, 0) is 16.1 Å². The summed E-state index contributed by atoms with van der Waals surface area (Å²) in [7, 11) is 0. The molecule has 6 heteroatoms. The monoisotopic (exact) mass is 309 g/mol. The fourth-order valence-corrected chi connectivity index (χ4v) is 2.05. The van der Waals surface area contributed by atoms with E-state index in [0.29, 0.717) is 41.2 Å². The number of rotatable bonds is 6. The molecular weight excluding hydrogens is 296 g/mol. The first-order valence-corrected chi connectivity index (χ1v) is 6.68. The van der Waals surface area contributed by atoms with Gasteiger partial charge in [-0.1, -0.05) is 34.8 Å². The molecule has 0 spiro atoms. The lowest BCUT2D eigenvalue weighted by Crippen LogP contribution is -2.19. The second-order valence-corrected chi connectivity index (χ2v) is 4.75. The molecule has 0 aliphatic rings. The normalized spacial score (nSPS) is 10.4. The van der Waals surface area contributed by atoms with Gasteiger partial charge in [-0.2, -0.15) is 0 Å². The summed E-state index contributed by atoms with van der Waals surface area (Å²) >= 11 is 18.0. The van der Waals surface area contributed by atoms with Crippen LogP contribution in [0.5, 0.6) is 0 Å². The van der Waals surface area contributed by atoms with E-state index in [1.165, 1.54) is 0 Å². The van der Waals surface area contributed by atoms with E-state index in [0.717, 1.165) is 5.56 Å². The molecule has 0 aliphatic heterocycles. The Morgan fingerprint density at radius 2 is 1.94 bits per heavy atom. The summed E-state index contributed by atoms with van der Waals surface area (Å²) in [6.07, 6.45) is 0.309. The van der Waals surface area contributed by atoms with Crippen molar-refractivity contribution < 1.29 is 9.53 Å². The first-order valence-electron chi connectivity index (χ1n) is 5.55. The van der Waals surface area contributed by atoms with Crippen LogP contribution >= 0.6 is 34.8 Å². The van der Waals surface area contributed by atoms with Crippen LogP contribution < -0.4 is 5.32 Å². The molecule has 0 amide bonds. The Morgan fingerprint density at radius 1 is 1.28 bits per heavy atom. The number of hydrogen-bond donors (Lipinski definition) is 1. The van der Waals surface area contributed by atoms with Gasteiger partial charge >= 0.3 is 5.97 Å². The molecule has 100 valence electrons. The van der Waals surface area contributed by atoms with Crippen molar-refractivity contribution in [3.8, 4) is 0 Å². The van der Waals surface area contributed by atoms with E-state index >= 15 is 0 Å². The minimum atomic E-state index is -0.228. The Hall–Kier alpha value is -0.480. The SMILES string of the molecule is CCOC(=O)CCNCc1c(Cl)ccc(Cl)c1Cl. The third kappa shape index (κ3) is 4.65. The van der Waals surface area contributed by atoms with Gasteiger partial charge in [-0.05, 0) is 19.1 Å². The predicted octanol–water partition coefficient (Wildman–Crippen LogP) is 3.69. The van der Waals surface area contributed by atoms with Crippen molar-refractivity contribution in [3.05, 3.63) is 32.8 Å². The summed E-state index contributed by atoms with van der Waals surface area (Å²) in [4.78, 5) is 11.1. The van der Waals surface area contributed by atoms with E-state index in [-0.39, 0.29) is 5.97 Å². The van der Waals surface area contributed by atoms with Crippen molar-refractivity contribution in [2.45, 2.75) is 19.9 Å². The van der Waals surface area contributed by atoms with Crippen molar-refractivity contribution in [1.29, 1.82) is 0 Å². The predicted molar refractivity (Wildman–Crippen MR) is 74.4 cm³/mol. The number of carbonyl (C=O) groups is 1. The molecule has 0 aromatic heterocycles. The van der Waals surface area contributed by atoms with Crippen molar-refractivity contribution in [2.75, 3.05) is 13.2 Å². The highest BCUT2D eigenvalue weighted by molar-refractivity contribution is 6.44. The van der Waals surface area contributed by atoms with Gasteiger partial charge in [-0.15, -0.1) is 0 Å². The molecule has 0 atom stereocenters. The lowest BCUT2D eigenvalue weighted by Gasteiger charge is -2.09. The van der Waals surface area contributed by atoms with Gasteiger partial charge in [0, 0.05) is 23.7 Å². The fraction of sp³-hybridized carbons (Fsp3) is 0.417. The van der Waals surface area contributed by atoms with E-state index in [4.69, 9.17) is 39.5 Å². The van der Waals surface area contributed by atoms with E-state index in [1.807, 2.05) is 0 Å². The van der Waals surface area contributed by atoms with E-state index < -0.39 is 0 Å². The summed E-state index contributed by atoms with van der Waals surface area (Å²) in [6, 6.07) is 3.34. The van der Waals surface area contributed by atoms with Crippen molar-refractivity contribution in [3.63, 3.8) is 0 Å². The third-order valence-electron chi connectivity index (χ3n) is 2.25. The van der Waals surface area contributed by atoms with Gasteiger partial charge < -0.3 is 10.1 Å². The molecule has 1 N–H and O–H groups in total. The van der Waals surface area contributed by atoms with Crippen LogP contribution in [0, 0.1) is 0 Å². The molecule has 0 fully saturated rings. The van der Waals surface area contributed by atoms with Gasteiger partial charge in [0.25, 0.3) is 0 Å². The van der Waals surface area contributed by atoms with Gasteiger partial charge in [0.2, 0.25) is 0 Å². The molecule has 0 saturated heterocycles. The number of benzene rings is 1. The largest absolute Gasteiger partial charge is 0.466 e. The topological polar surface area (TPSA) is 38.3 Å². The Bertz CT molecular complexity index is 424. The van der Waals surface area contributed by atoms with E-state index in [1.54, 1.807) is 19.1 Å². The highest BCUT2D eigenvalue weighted by atomic mass is 35.5. The number of hydrogen-bond acceptors (Lipinski definition) is 3. The quantitative estimate of drug-likeness (QED) is 0.495. The number of halogens is 3. The Kier molecular flexibility index (Phi) is 6.79. The van der Waals surface area contributed by atoms with Crippen LogP contribution in [0.2, 0.25) is 15.1 Å². The van der Waals surface area contributed by atoms with Crippen molar-refractivity contribution in [1.82, 2.24) is 5.32 Å². The first kappa shape index (κ1) is 15.6. The number of nitrogens with one attached hydrogen (secondary N) is 1. The zero-order valence-corrected chi connectivity index (χ0v) is 12.2. The molecule has 0 unspecified atom stereocenters. The molecule has 1 aromatic rings. The van der Waals surface area contributed by atoms with Crippen LogP contribution in [0.25, 0.3) is 0 Å². The summed E-state index contributed by atoms with van der Waals surface area (Å²) < 4.78 is 4.81. The molecule has 0 bridgehead atoms. The molecular formula is C12H14Cl3NO2. The smallest absolute Gasteiger partial charge is 0.307 e. The first-order chi connectivity index (χ1) is 8.56. The molecule has 18 heavy (non-hydrogen) atoms. The minimum absolute atomic E-state index is 0.228. The average Bonchev–Trinajstić information content (AvgIpc) is 2.33. The maximum atomic E-state index is 11.1. The zero-order chi connectivity index (χ0) is 13.5. The number of carbonyl (C=O) groups excluding carboxylic acids is 1. The summed E-state index contributed by atoms with van der Waals surface area (Å²) in [6.45, 7) is 3.12. The summed E-state index contributed by atoms with van der Waals surface area (Å²) in [5, 5.41) is 4.52. The summed E-state index contributed by atoms with van der Waals surface area (Å²) in [5.74, 6) is -0.228. The molecule has 0 radical (unpaired) electrons. The minimum Gasteiger partial charge on any atom is -0.466 e. The highest BCUT2D eigenvalue weighted by Gasteiger charge is 2.09. The second kappa shape index (κ2) is 7.85. The van der Waals surface area contributed by atoms with Crippen molar-refractivity contribution >= 4 is 40.8 Å². The van der Waals surface area contributed by atoms with Gasteiger partial charge in [-0.3, -0.25) is 4.79 Å². The molecule has 0 heterocycles. The highest BCUT2D eigenvalue weighted by Crippen LogP contribution is 2.31. The van der Waals surface area contributed by atoms with Gasteiger partial charge in [0.15, 0.2) is 0 Å². The molecule has 0 saturated carbocycles. The van der Waals surface area contributed by atoms with E-state index in [9.17, 15) is 4.79 Å². The maximum Gasteiger partial charge on any atom is 0.307 e. The van der Waals surface area contributed by atoms with Gasteiger partial charge in [0.1, 0.15) is 0 Å². The molecule has 3 nitrogen and oxygen atoms in total. The maximum absolute atomic E-state index is 11.1. The van der Waals surface area contributed by atoms with Crippen LogP contribution in [-0.4, -0.2) is 19.1 Å². The fourth-order valence-electron chi connectivity index (χ4n) is 1.37.